The van der Waals surface area contributed by atoms with Crippen LogP contribution in [0.2, 0.25) is 0 Å². The van der Waals surface area contributed by atoms with Crippen LogP contribution in [-0.4, -0.2) is 35.9 Å². The van der Waals surface area contributed by atoms with Crippen LogP contribution in [0, 0.1) is 0 Å². The van der Waals surface area contributed by atoms with Gasteiger partial charge >= 0.3 is 0 Å². The van der Waals surface area contributed by atoms with Crippen LogP contribution in [0.15, 0.2) is 18.3 Å². The molecule has 0 aliphatic carbocycles. The molecule has 0 aromatic carbocycles. The zero-order chi connectivity index (χ0) is 13.4. The Bertz CT molecular complexity index is 382. The number of hydrogen-bond donors (Lipinski definition) is 3. The highest BCUT2D eigenvalue weighted by molar-refractivity contribution is 5.77. The lowest BCUT2D eigenvalue weighted by Crippen LogP contribution is -2.35. The molecule has 0 saturated heterocycles. The van der Waals surface area contributed by atoms with Gasteiger partial charge in [0.15, 0.2) is 0 Å². The van der Waals surface area contributed by atoms with Gasteiger partial charge in [-0.25, -0.2) is 10.8 Å². The molecule has 0 aliphatic heterocycles. The third-order valence-electron chi connectivity index (χ3n) is 2.41. The fraction of sp³-hybridized carbons (Fsp3) is 0.500. The van der Waals surface area contributed by atoms with Crippen molar-refractivity contribution < 1.29 is 4.79 Å². The van der Waals surface area contributed by atoms with Gasteiger partial charge in [-0.3, -0.25) is 9.69 Å². The molecule has 6 heteroatoms. The molecule has 6 nitrogen and oxygen atoms in total. The minimum absolute atomic E-state index is 0.0468. The second kappa shape index (κ2) is 7.62. The van der Waals surface area contributed by atoms with Gasteiger partial charge in [0.25, 0.3) is 0 Å². The van der Waals surface area contributed by atoms with Crippen molar-refractivity contribution in [3.05, 3.63) is 23.9 Å². The van der Waals surface area contributed by atoms with E-state index in [1.54, 1.807) is 6.20 Å². The summed E-state index contributed by atoms with van der Waals surface area (Å²) in [6.45, 7) is 3.82. The van der Waals surface area contributed by atoms with E-state index in [1.165, 1.54) is 0 Å². The number of nitrogens with zero attached hydrogens (tertiary/aromatic N) is 2. The number of likely N-dealkylation sites (N-methyl/N-ethyl adjacent to an activating group) is 1. The second-order valence-electron chi connectivity index (χ2n) is 4.22. The molecule has 0 bridgehead atoms. The molecule has 1 rings (SSSR count). The maximum Gasteiger partial charge on any atom is 0.234 e. The van der Waals surface area contributed by atoms with E-state index < -0.39 is 0 Å². The first-order valence-corrected chi connectivity index (χ1v) is 6.02. The number of hydrazine groups is 1. The summed E-state index contributed by atoms with van der Waals surface area (Å²) in [5, 5.41) is 2.85. The molecule has 1 heterocycles. The first-order valence-electron chi connectivity index (χ1n) is 6.02. The van der Waals surface area contributed by atoms with Crippen molar-refractivity contribution >= 4 is 11.7 Å². The third kappa shape index (κ3) is 5.11. The van der Waals surface area contributed by atoms with Crippen LogP contribution in [-0.2, 0) is 11.3 Å². The molecule has 1 amide bonds. The summed E-state index contributed by atoms with van der Waals surface area (Å²) in [5.74, 6) is 5.96. The Hall–Kier alpha value is -1.66. The van der Waals surface area contributed by atoms with Crippen molar-refractivity contribution in [1.29, 1.82) is 0 Å². The average molecular weight is 251 g/mol. The number of hydrogen-bond acceptors (Lipinski definition) is 5. The molecule has 0 atom stereocenters. The van der Waals surface area contributed by atoms with Gasteiger partial charge in [-0.15, -0.1) is 0 Å². The zero-order valence-corrected chi connectivity index (χ0v) is 10.9. The maximum atomic E-state index is 11.5. The first-order chi connectivity index (χ1) is 8.65. The normalized spacial score (nSPS) is 10.4. The van der Waals surface area contributed by atoms with Crippen molar-refractivity contribution in [3.8, 4) is 0 Å². The Morgan fingerprint density at radius 3 is 3.00 bits per heavy atom. The Morgan fingerprint density at radius 2 is 2.33 bits per heavy atom. The van der Waals surface area contributed by atoms with Gasteiger partial charge in [0, 0.05) is 19.3 Å². The van der Waals surface area contributed by atoms with Crippen LogP contribution in [0.25, 0.3) is 0 Å². The molecule has 0 aliphatic rings. The van der Waals surface area contributed by atoms with E-state index in [9.17, 15) is 4.79 Å². The monoisotopic (exact) mass is 251 g/mol. The van der Waals surface area contributed by atoms with Crippen molar-refractivity contribution in [3.63, 3.8) is 0 Å². The summed E-state index contributed by atoms with van der Waals surface area (Å²) >= 11 is 0. The Labute approximate surface area is 108 Å². The van der Waals surface area contributed by atoms with Crippen LogP contribution in [0.5, 0.6) is 0 Å². The van der Waals surface area contributed by atoms with Crippen molar-refractivity contribution in [1.82, 2.24) is 15.2 Å². The number of nitrogens with two attached hydrogens (primary N) is 1. The van der Waals surface area contributed by atoms with E-state index in [-0.39, 0.29) is 5.91 Å². The number of aromatic nitrogens is 1. The molecule has 0 fully saturated rings. The second-order valence-corrected chi connectivity index (χ2v) is 4.22. The smallest absolute Gasteiger partial charge is 0.234 e. The van der Waals surface area contributed by atoms with Crippen LogP contribution in [0.4, 0.5) is 5.82 Å². The number of nitrogens with one attached hydrogen (secondary N) is 2. The topological polar surface area (TPSA) is 83.3 Å². The number of amides is 1. The SMILES string of the molecule is CCCNC(=O)CN(C)Cc1ccnc(NN)c1. The van der Waals surface area contributed by atoms with E-state index in [1.807, 2.05) is 31.0 Å². The summed E-state index contributed by atoms with van der Waals surface area (Å²) in [4.78, 5) is 17.5. The van der Waals surface area contributed by atoms with Gasteiger partial charge in [-0.1, -0.05) is 6.92 Å². The van der Waals surface area contributed by atoms with Crippen LogP contribution < -0.4 is 16.6 Å². The van der Waals surface area contributed by atoms with Gasteiger partial charge in [0.2, 0.25) is 5.91 Å². The molecule has 1 aromatic rings. The zero-order valence-electron chi connectivity index (χ0n) is 10.9. The molecule has 0 spiro atoms. The van der Waals surface area contributed by atoms with E-state index in [4.69, 9.17) is 5.84 Å². The van der Waals surface area contributed by atoms with E-state index in [0.29, 0.717) is 18.9 Å². The van der Waals surface area contributed by atoms with Crippen molar-refractivity contribution in [2.75, 3.05) is 25.6 Å². The predicted octanol–water partition coefficient (Wildman–Crippen LogP) is 0.325. The lowest BCUT2D eigenvalue weighted by atomic mass is 10.2. The summed E-state index contributed by atoms with van der Waals surface area (Å²) < 4.78 is 0. The lowest BCUT2D eigenvalue weighted by molar-refractivity contribution is -0.122. The molecular weight excluding hydrogens is 230 g/mol. The Morgan fingerprint density at radius 1 is 1.56 bits per heavy atom. The van der Waals surface area contributed by atoms with Gasteiger partial charge in [0.1, 0.15) is 5.82 Å². The van der Waals surface area contributed by atoms with Gasteiger partial charge < -0.3 is 10.7 Å². The average Bonchev–Trinajstić information content (AvgIpc) is 2.36. The molecule has 0 radical (unpaired) electrons. The van der Waals surface area contributed by atoms with Crippen LogP contribution in [0.1, 0.15) is 18.9 Å². The number of carbonyl (C=O) groups excluding carboxylic acids is 1. The van der Waals surface area contributed by atoms with E-state index in [0.717, 1.165) is 18.5 Å². The Kier molecular flexibility index (Phi) is 6.10. The highest BCUT2D eigenvalue weighted by atomic mass is 16.2. The van der Waals surface area contributed by atoms with E-state index in [2.05, 4.69) is 15.7 Å². The lowest BCUT2D eigenvalue weighted by Gasteiger charge is -2.16. The fourth-order valence-electron chi connectivity index (χ4n) is 1.58. The molecule has 1 aromatic heterocycles. The summed E-state index contributed by atoms with van der Waals surface area (Å²) in [6, 6.07) is 3.77. The van der Waals surface area contributed by atoms with Gasteiger partial charge in [-0.05, 0) is 31.2 Å². The molecule has 100 valence electrons. The number of nitrogen functional groups attached to an aromatic ring is 1. The standard InChI is InChI=1S/C12H21N5O/c1-3-5-15-12(18)9-17(2)8-10-4-6-14-11(7-10)16-13/h4,6-7H,3,5,8-9,13H2,1-2H3,(H,14,16)(H,15,18). The quantitative estimate of drug-likeness (QED) is 0.480. The highest BCUT2D eigenvalue weighted by Gasteiger charge is 2.06. The van der Waals surface area contributed by atoms with Gasteiger partial charge in [0.05, 0.1) is 6.54 Å². The largest absolute Gasteiger partial charge is 0.355 e. The number of rotatable bonds is 7. The molecule has 0 saturated carbocycles. The molecular formula is C12H21N5O. The van der Waals surface area contributed by atoms with Crippen LogP contribution in [0.3, 0.4) is 0 Å². The Balaban J connectivity index is 2.43. The number of pyridine rings is 1. The van der Waals surface area contributed by atoms with Crippen LogP contribution >= 0.6 is 0 Å². The summed E-state index contributed by atoms with van der Waals surface area (Å²) in [6.07, 6.45) is 2.64. The minimum atomic E-state index is 0.0468. The fourth-order valence-corrected chi connectivity index (χ4v) is 1.58. The first kappa shape index (κ1) is 14.4. The maximum absolute atomic E-state index is 11.5. The molecule has 18 heavy (non-hydrogen) atoms. The van der Waals surface area contributed by atoms with Gasteiger partial charge in [-0.2, -0.15) is 0 Å². The van der Waals surface area contributed by atoms with E-state index >= 15 is 0 Å². The van der Waals surface area contributed by atoms with Crippen molar-refractivity contribution in [2.24, 2.45) is 5.84 Å². The number of carbonyl (C=O) groups is 1. The van der Waals surface area contributed by atoms with Crippen molar-refractivity contribution in [2.45, 2.75) is 19.9 Å². The summed E-state index contributed by atoms with van der Waals surface area (Å²) in [5.41, 5.74) is 3.56. The minimum Gasteiger partial charge on any atom is -0.355 e. The highest BCUT2D eigenvalue weighted by Crippen LogP contribution is 2.07. The predicted molar refractivity (Wildman–Crippen MR) is 71.7 cm³/mol. The summed E-state index contributed by atoms with van der Waals surface area (Å²) in [7, 11) is 1.90. The molecule has 0 unspecified atom stereocenters. The third-order valence-corrected chi connectivity index (χ3v) is 2.41. The molecule has 4 N–H and O–H groups in total. The number of anilines is 1.